The summed E-state index contributed by atoms with van der Waals surface area (Å²) < 4.78 is 5.09. The van der Waals surface area contributed by atoms with Crippen molar-refractivity contribution in [1.29, 1.82) is 0 Å². The van der Waals surface area contributed by atoms with Crippen LogP contribution in [0.4, 0.5) is 0 Å². The lowest BCUT2D eigenvalue weighted by molar-refractivity contribution is 0.776. The highest BCUT2D eigenvalue weighted by Gasteiger charge is 2.27. The van der Waals surface area contributed by atoms with Crippen LogP contribution in [0.15, 0.2) is 35.5 Å². The van der Waals surface area contributed by atoms with E-state index in [1.807, 2.05) is 16.7 Å². The predicted molar refractivity (Wildman–Crippen MR) is 89.8 cm³/mol. The maximum atomic E-state index is 12.7. The lowest BCUT2D eigenvalue weighted by atomic mass is 10.2. The number of imidazole rings is 1. The van der Waals surface area contributed by atoms with Gasteiger partial charge in [-0.15, -0.1) is 5.10 Å². The van der Waals surface area contributed by atoms with E-state index in [0.717, 1.165) is 24.1 Å². The summed E-state index contributed by atoms with van der Waals surface area (Å²) in [5, 5.41) is 9.50. The molecule has 0 saturated heterocycles. The van der Waals surface area contributed by atoms with Crippen molar-refractivity contribution in [1.82, 2.24) is 28.9 Å². The highest BCUT2D eigenvalue weighted by molar-refractivity contribution is 6.31. The van der Waals surface area contributed by atoms with E-state index in [1.54, 1.807) is 34.8 Å². The highest BCUT2D eigenvalue weighted by Crippen LogP contribution is 2.38. The summed E-state index contributed by atoms with van der Waals surface area (Å²) in [6.07, 6.45) is 5.91. The van der Waals surface area contributed by atoms with Crippen LogP contribution in [0.5, 0.6) is 0 Å². The number of aryl methyl sites for hydroxylation is 1. The molecule has 8 heteroatoms. The molecular weight excluding hydrogens is 328 g/mol. The summed E-state index contributed by atoms with van der Waals surface area (Å²) in [4.78, 5) is 17.2. The van der Waals surface area contributed by atoms with Crippen LogP contribution in [-0.2, 0) is 7.05 Å². The first-order chi connectivity index (χ1) is 11.6. The topological polar surface area (TPSA) is 70.0 Å². The normalized spacial score (nSPS) is 14.8. The fourth-order valence-electron chi connectivity index (χ4n) is 3.09. The Hall–Kier alpha value is -2.67. The van der Waals surface area contributed by atoms with Crippen LogP contribution < -0.4 is 5.56 Å². The van der Waals surface area contributed by atoms with Crippen LogP contribution in [0.3, 0.4) is 0 Å². The molecule has 0 N–H and O–H groups in total. The minimum atomic E-state index is -0.121. The molecule has 0 radical (unpaired) electrons. The fraction of sp³-hybridized carbons (Fsp3) is 0.250. The van der Waals surface area contributed by atoms with Gasteiger partial charge in [-0.25, -0.2) is 4.98 Å². The molecule has 1 saturated carbocycles. The van der Waals surface area contributed by atoms with Crippen molar-refractivity contribution in [3.8, 4) is 5.82 Å². The third-order valence-corrected chi connectivity index (χ3v) is 4.75. The predicted octanol–water partition coefficient (Wildman–Crippen LogP) is 2.30. The monoisotopic (exact) mass is 340 g/mol. The van der Waals surface area contributed by atoms with Crippen molar-refractivity contribution in [2.24, 2.45) is 7.05 Å². The van der Waals surface area contributed by atoms with Crippen molar-refractivity contribution in [3.05, 3.63) is 51.8 Å². The molecule has 0 aliphatic heterocycles. The molecule has 3 aromatic heterocycles. The zero-order valence-corrected chi connectivity index (χ0v) is 13.6. The molecule has 7 nitrogen and oxygen atoms in total. The zero-order valence-electron chi connectivity index (χ0n) is 12.8. The van der Waals surface area contributed by atoms with E-state index in [1.165, 1.54) is 0 Å². The van der Waals surface area contributed by atoms with E-state index in [0.29, 0.717) is 27.8 Å². The van der Waals surface area contributed by atoms with Crippen molar-refractivity contribution in [2.45, 2.75) is 18.8 Å². The Morgan fingerprint density at radius 2 is 2.12 bits per heavy atom. The average molecular weight is 341 g/mol. The number of hydrogen-bond donors (Lipinski definition) is 0. The maximum Gasteiger partial charge on any atom is 0.261 e. The molecule has 0 atom stereocenters. The molecule has 0 unspecified atom stereocenters. The Morgan fingerprint density at radius 3 is 2.92 bits per heavy atom. The lowest BCUT2D eigenvalue weighted by Crippen LogP contribution is -2.20. The molecule has 24 heavy (non-hydrogen) atoms. The van der Waals surface area contributed by atoms with Gasteiger partial charge in [-0.05, 0) is 31.0 Å². The summed E-state index contributed by atoms with van der Waals surface area (Å²) in [5.41, 5.74) is 2.29. The second kappa shape index (κ2) is 4.67. The second-order valence-corrected chi connectivity index (χ2v) is 6.59. The number of halogens is 1. The molecule has 4 aromatic rings. The summed E-state index contributed by atoms with van der Waals surface area (Å²) in [7, 11) is 1.72. The molecule has 5 rings (SSSR count). The molecule has 1 fully saturated rings. The van der Waals surface area contributed by atoms with E-state index in [9.17, 15) is 4.79 Å². The standard InChI is InChI=1S/C16H13ClN6O/c1-21-15-14(23-7-12(19-20-23)9-2-3-9)18-8-22(15)13-5-4-10(17)6-11(13)16(21)24/h4-9H,2-3H2,1H3. The zero-order chi connectivity index (χ0) is 16.4. The number of fused-ring (bicyclic) bond motifs is 3. The fourth-order valence-corrected chi connectivity index (χ4v) is 3.27. The van der Waals surface area contributed by atoms with Crippen LogP contribution in [-0.4, -0.2) is 28.9 Å². The number of aromatic nitrogens is 6. The molecule has 1 aliphatic carbocycles. The molecule has 0 bridgehead atoms. The van der Waals surface area contributed by atoms with Crippen LogP contribution in [0.25, 0.3) is 22.4 Å². The van der Waals surface area contributed by atoms with Gasteiger partial charge in [0.1, 0.15) is 6.33 Å². The van der Waals surface area contributed by atoms with Gasteiger partial charge in [0.2, 0.25) is 0 Å². The largest absolute Gasteiger partial charge is 0.294 e. The first-order valence-electron chi connectivity index (χ1n) is 7.71. The van der Waals surface area contributed by atoms with Gasteiger partial charge in [0.15, 0.2) is 11.5 Å². The maximum absolute atomic E-state index is 12.7. The minimum absolute atomic E-state index is 0.121. The Bertz CT molecular complexity index is 1170. The number of benzene rings is 1. The van der Waals surface area contributed by atoms with Gasteiger partial charge < -0.3 is 0 Å². The van der Waals surface area contributed by atoms with Crippen LogP contribution in [0.2, 0.25) is 5.02 Å². The summed E-state index contributed by atoms with van der Waals surface area (Å²) >= 11 is 6.04. The quantitative estimate of drug-likeness (QED) is 0.561. The van der Waals surface area contributed by atoms with Gasteiger partial charge in [0, 0.05) is 18.0 Å². The summed E-state index contributed by atoms with van der Waals surface area (Å²) in [5.74, 6) is 1.10. The van der Waals surface area contributed by atoms with E-state index in [-0.39, 0.29) is 5.56 Å². The molecule has 1 aromatic carbocycles. The number of rotatable bonds is 2. The molecule has 120 valence electrons. The van der Waals surface area contributed by atoms with Gasteiger partial charge in [-0.3, -0.25) is 13.8 Å². The SMILES string of the molecule is Cn1c(=O)c2cc(Cl)ccc2n2cnc(-n3cc(C4CC4)nn3)c12. The Balaban J connectivity index is 1.83. The third kappa shape index (κ3) is 1.85. The number of hydrogen-bond acceptors (Lipinski definition) is 4. The summed E-state index contributed by atoms with van der Waals surface area (Å²) in [6.45, 7) is 0. The molecular formula is C16H13ClN6O. The lowest BCUT2D eigenvalue weighted by Gasteiger charge is -2.08. The summed E-state index contributed by atoms with van der Waals surface area (Å²) in [6, 6.07) is 5.27. The van der Waals surface area contributed by atoms with E-state index in [2.05, 4.69) is 15.3 Å². The Morgan fingerprint density at radius 1 is 1.29 bits per heavy atom. The average Bonchev–Trinajstić information content (AvgIpc) is 3.15. The Kier molecular flexibility index (Phi) is 2.67. The van der Waals surface area contributed by atoms with Crippen LogP contribution in [0.1, 0.15) is 24.5 Å². The Labute approximate surface area is 141 Å². The molecule has 1 aliphatic rings. The van der Waals surface area contributed by atoms with Crippen molar-refractivity contribution >= 4 is 28.2 Å². The second-order valence-electron chi connectivity index (χ2n) is 6.15. The highest BCUT2D eigenvalue weighted by atomic mass is 35.5. The van der Waals surface area contributed by atoms with Gasteiger partial charge in [0.05, 0.1) is 22.8 Å². The van der Waals surface area contributed by atoms with Crippen LogP contribution >= 0.6 is 11.6 Å². The van der Waals surface area contributed by atoms with E-state index >= 15 is 0 Å². The minimum Gasteiger partial charge on any atom is -0.294 e. The van der Waals surface area contributed by atoms with Gasteiger partial charge >= 0.3 is 0 Å². The van der Waals surface area contributed by atoms with Gasteiger partial charge in [-0.2, -0.15) is 4.68 Å². The van der Waals surface area contributed by atoms with E-state index in [4.69, 9.17) is 11.6 Å². The van der Waals surface area contributed by atoms with Crippen LogP contribution in [0, 0.1) is 0 Å². The molecule has 3 heterocycles. The smallest absolute Gasteiger partial charge is 0.261 e. The molecule has 0 spiro atoms. The first kappa shape index (κ1) is 13.7. The van der Waals surface area contributed by atoms with Crippen molar-refractivity contribution < 1.29 is 0 Å². The van der Waals surface area contributed by atoms with Crippen molar-refractivity contribution in [2.75, 3.05) is 0 Å². The van der Waals surface area contributed by atoms with Crippen molar-refractivity contribution in [3.63, 3.8) is 0 Å². The van der Waals surface area contributed by atoms with E-state index < -0.39 is 0 Å². The molecule has 0 amide bonds. The van der Waals surface area contributed by atoms with Gasteiger partial charge in [0.25, 0.3) is 5.56 Å². The first-order valence-corrected chi connectivity index (χ1v) is 8.09. The third-order valence-electron chi connectivity index (χ3n) is 4.52. The number of nitrogens with zero attached hydrogens (tertiary/aromatic N) is 6. The van der Waals surface area contributed by atoms with Gasteiger partial charge in [-0.1, -0.05) is 16.8 Å².